The normalized spacial score (nSPS) is 31.8. The molecule has 0 radical (unpaired) electrons. The van der Waals surface area contributed by atoms with Gasteiger partial charge in [0.25, 0.3) is 0 Å². The molecule has 2 aliphatic rings. The van der Waals surface area contributed by atoms with Gasteiger partial charge in [0.1, 0.15) is 5.60 Å². The topological polar surface area (TPSA) is 67.9 Å². The van der Waals surface area contributed by atoms with Gasteiger partial charge >= 0.3 is 12.1 Å². The predicted molar refractivity (Wildman–Crippen MR) is 73.2 cm³/mol. The monoisotopic (exact) mass is 284 g/mol. The number of fused-ring (bicyclic) bond motifs is 1. The zero-order chi connectivity index (χ0) is 15.1. The quantitative estimate of drug-likeness (QED) is 0.783. The third kappa shape index (κ3) is 2.61. The second kappa shape index (κ2) is 4.91. The molecule has 0 spiro atoms. The fourth-order valence-corrected chi connectivity index (χ4v) is 3.24. The summed E-state index contributed by atoms with van der Waals surface area (Å²) in [4.78, 5) is 25.2. The molecule has 1 amide bonds. The van der Waals surface area contributed by atoms with Crippen molar-refractivity contribution in [3.63, 3.8) is 0 Å². The lowest BCUT2D eigenvalue weighted by Gasteiger charge is -2.28. The summed E-state index contributed by atoms with van der Waals surface area (Å²) in [6, 6.07) is 0. The third-order valence-electron chi connectivity index (χ3n) is 4.32. The molecule has 114 valence electrons. The Bertz CT molecular complexity index is 404. The number of piperidine rings is 1. The molecule has 1 aliphatic carbocycles. The minimum Gasteiger partial charge on any atom is -0.469 e. The molecule has 2 fully saturated rings. The predicted octanol–water partition coefficient (Wildman–Crippen LogP) is 1.00. The molecule has 3 atom stereocenters. The average Bonchev–Trinajstić information content (AvgIpc) is 2.74. The van der Waals surface area contributed by atoms with E-state index >= 15 is 0 Å². The summed E-state index contributed by atoms with van der Waals surface area (Å²) in [6.45, 7) is 6.85. The number of likely N-dealkylation sites (tertiary alicyclic amines) is 1. The van der Waals surface area contributed by atoms with Crippen LogP contribution in [0.5, 0.6) is 0 Å². The van der Waals surface area contributed by atoms with E-state index in [0.717, 1.165) is 0 Å². The van der Waals surface area contributed by atoms with E-state index in [2.05, 4.69) is 5.32 Å². The molecule has 1 aliphatic heterocycles. The van der Waals surface area contributed by atoms with Crippen LogP contribution in [0.4, 0.5) is 4.79 Å². The first kappa shape index (κ1) is 15.1. The molecule has 1 saturated heterocycles. The Hall–Kier alpha value is -1.30. The molecule has 1 N–H and O–H groups in total. The van der Waals surface area contributed by atoms with Crippen molar-refractivity contribution >= 4 is 12.1 Å². The van der Waals surface area contributed by atoms with E-state index in [0.29, 0.717) is 31.3 Å². The fraction of sp³-hybridized carbons (Fsp3) is 0.857. The Labute approximate surface area is 119 Å². The van der Waals surface area contributed by atoms with E-state index < -0.39 is 5.60 Å². The number of nitrogens with one attached hydrogen (secondary N) is 1. The summed E-state index contributed by atoms with van der Waals surface area (Å²) < 4.78 is 10.1. The molecular weight excluding hydrogens is 260 g/mol. The molecule has 20 heavy (non-hydrogen) atoms. The molecule has 0 aromatic carbocycles. The van der Waals surface area contributed by atoms with E-state index in [1.165, 1.54) is 7.11 Å². The number of ether oxygens (including phenoxy) is 2. The highest BCUT2D eigenvalue weighted by Gasteiger charge is 2.69. The second-order valence-corrected chi connectivity index (χ2v) is 6.64. The molecule has 0 aromatic rings. The van der Waals surface area contributed by atoms with Gasteiger partial charge in [-0.25, -0.2) is 4.79 Å². The van der Waals surface area contributed by atoms with Gasteiger partial charge in [-0.1, -0.05) is 0 Å². The number of hydrogen-bond donors (Lipinski definition) is 1. The number of carbonyl (C=O) groups excluding carboxylic acids is 2. The minimum absolute atomic E-state index is 0.203. The molecule has 0 aromatic heterocycles. The number of esters is 1. The van der Waals surface area contributed by atoms with Gasteiger partial charge in [0.2, 0.25) is 0 Å². The number of nitrogens with zero attached hydrogens (tertiary/aromatic N) is 1. The summed E-state index contributed by atoms with van der Waals surface area (Å²) in [6.07, 6.45) is 0.0880. The number of methoxy groups -OCH3 is 1. The lowest BCUT2D eigenvalue weighted by Crippen LogP contribution is -2.44. The van der Waals surface area contributed by atoms with Gasteiger partial charge in [0, 0.05) is 30.5 Å². The third-order valence-corrected chi connectivity index (χ3v) is 4.32. The lowest BCUT2D eigenvalue weighted by molar-refractivity contribution is -0.141. The summed E-state index contributed by atoms with van der Waals surface area (Å²) in [5.41, 5.74) is -0.679. The van der Waals surface area contributed by atoms with Gasteiger partial charge in [-0.15, -0.1) is 0 Å². The van der Waals surface area contributed by atoms with E-state index in [9.17, 15) is 9.59 Å². The van der Waals surface area contributed by atoms with Crippen LogP contribution in [0.25, 0.3) is 0 Å². The van der Waals surface area contributed by atoms with Crippen molar-refractivity contribution in [3.05, 3.63) is 0 Å². The molecule has 2 unspecified atom stereocenters. The Balaban J connectivity index is 1.92. The molecule has 6 nitrogen and oxygen atoms in total. The van der Waals surface area contributed by atoms with Crippen LogP contribution < -0.4 is 5.32 Å². The van der Waals surface area contributed by atoms with Crippen LogP contribution in [0, 0.1) is 11.8 Å². The standard InChI is InChI=1S/C14H24N2O4/c1-13(2,3)20-12(18)16-7-9-10(8-16)14(9,15-4)6-11(17)19-5/h9-10,15H,6-8H2,1-5H3/t9-,10?,14?/m0/s1. The Morgan fingerprint density at radius 1 is 1.30 bits per heavy atom. The maximum atomic E-state index is 12.0. The Kier molecular flexibility index (Phi) is 3.71. The number of amides is 1. The zero-order valence-electron chi connectivity index (χ0n) is 12.9. The van der Waals surface area contributed by atoms with Crippen molar-refractivity contribution in [3.8, 4) is 0 Å². The van der Waals surface area contributed by atoms with Crippen molar-refractivity contribution in [2.75, 3.05) is 27.2 Å². The largest absolute Gasteiger partial charge is 0.469 e. The molecule has 1 heterocycles. The summed E-state index contributed by atoms with van der Waals surface area (Å²) in [5.74, 6) is 0.399. The van der Waals surface area contributed by atoms with Crippen molar-refractivity contribution in [1.29, 1.82) is 0 Å². The second-order valence-electron chi connectivity index (χ2n) is 6.64. The van der Waals surface area contributed by atoms with E-state index in [1.54, 1.807) is 4.90 Å². The average molecular weight is 284 g/mol. The summed E-state index contributed by atoms with van der Waals surface area (Å²) >= 11 is 0. The number of hydrogen-bond acceptors (Lipinski definition) is 5. The van der Waals surface area contributed by atoms with Gasteiger partial charge in [-0.3, -0.25) is 4.79 Å². The van der Waals surface area contributed by atoms with Crippen LogP contribution in [-0.4, -0.2) is 55.3 Å². The van der Waals surface area contributed by atoms with Crippen LogP contribution in [0.1, 0.15) is 27.2 Å². The molecule has 1 saturated carbocycles. The highest BCUT2D eigenvalue weighted by Crippen LogP contribution is 2.57. The molecular formula is C14H24N2O4. The first-order valence-electron chi connectivity index (χ1n) is 6.97. The van der Waals surface area contributed by atoms with E-state index in [1.807, 2.05) is 27.8 Å². The van der Waals surface area contributed by atoms with Gasteiger partial charge in [0.15, 0.2) is 0 Å². The van der Waals surface area contributed by atoms with E-state index in [4.69, 9.17) is 9.47 Å². The van der Waals surface area contributed by atoms with Crippen LogP contribution >= 0.6 is 0 Å². The first-order valence-corrected chi connectivity index (χ1v) is 6.97. The van der Waals surface area contributed by atoms with Crippen molar-refractivity contribution in [2.45, 2.75) is 38.3 Å². The first-order chi connectivity index (χ1) is 9.23. The fourth-order valence-electron chi connectivity index (χ4n) is 3.24. The van der Waals surface area contributed by atoms with Gasteiger partial charge in [-0.2, -0.15) is 0 Å². The zero-order valence-corrected chi connectivity index (χ0v) is 12.9. The maximum Gasteiger partial charge on any atom is 0.410 e. The van der Waals surface area contributed by atoms with Crippen molar-refractivity contribution in [2.24, 2.45) is 11.8 Å². The van der Waals surface area contributed by atoms with Crippen molar-refractivity contribution < 1.29 is 19.1 Å². The van der Waals surface area contributed by atoms with Gasteiger partial charge in [0.05, 0.1) is 13.5 Å². The number of rotatable bonds is 3. The van der Waals surface area contributed by atoms with Gasteiger partial charge in [-0.05, 0) is 27.8 Å². The highest BCUT2D eigenvalue weighted by atomic mass is 16.6. The van der Waals surface area contributed by atoms with Crippen LogP contribution in [0.3, 0.4) is 0 Å². The Morgan fingerprint density at radius 2 is 1.85 bits per heavy atom. The molecule has 6 heteroatoms. The maximum absolute atomic E-state index is 12.0. The minimum atomic E-state index is -0.476. The molecule has 2 rings (SSSR count). The SMILES string of the molecule is CNC1(CC(=O)OC)C2CN(C(=O)OC(C)(C)C)C[C@@H]21. The van der Waals surface area contributed by atoms with E-state index in [-0.39, 0.29) is 17.6 Å². The summed E-state index contributed by atoms with van der Waals surface area (Å²) in [7, 11) is 3.26. The highest BCUT2D eigenvalue weighted by molar-refractivity contribution is 5.73. The van der Waals surface area contributed by atoms with Gasteiger partial charge < -0.3 is 19.7 Å². The smallest absolute Gasteiger partial charge is 0.410 e. The van der Waals surface area contributed by atoms with Crippen LogP contribution in [-0.2, 0) is 14.3 Å². The van der Waals surface area contributed by atoms with Crippen LogP contribution in [0.15, 0.2) is 0 Å². The Morgan fingerprint density at radius 3 is 2.25 bits per heavy atom. The molecule has 0 bridgehead atoms. The summed E-state index contributed by atoms with van der Waals surface area (Å²) in [5, 5.41) is 3.25. The lowest BCUT2D eigenvalue weighted by atomic mass is 10.1. The number of carbonyl (C=O) groups is 2. The van der Waals surface area contributed by atoms with Crippen molar-refractivity contribution in [1.82, 2.24) is 10.2 Å². The van der Waals surface area contributed by atoms with Crippen LogP contribution in [0.2, 0.25) is 0 Å².